The van der Waals surface area contributed by atoms with Gasteiger partial charge in [-0.3, -0.25) is 9.52 Å². The highest BCUT2D eigenvalue weighted by molar-refractivity contribution is 9.10. The Morgan fingerprint density at radius 1 is 1.12 bits per heavy atom. The molecule has 5 nitrogen and oxygen atoms in total. The van der Waals surface area contributed by atoms with Gasteiger partial charge in [0, 0.05) is 10.2 Å². The molecule has 10 heteroatoms. The molecule has 0 heterocycles. The van der Waals surface area contributed by atoms with Crippen LogP contribution in [-0.4, -0.2) is 20.6 Å². The van der Waals surface area contributed by atoms with Crippen LogP contribution < -0.4 is 10.0 Å². The molecule has 2 N–H and O–H groups in total. The Labute approximate surface area is 150 Å². The SMILES string of the molecule is CS(=O)(=O)Nc1ccccc1C(=O)Nc1ccc(Br)c(C(F)(F)F)c1. The third kappa shape index (κ3) is 5.20. The number of sulfonamides is 1. The van der Waals surface area contributed by atoms with Crippen LogP contribution in [0.2, 0.25) is 0 Å². The Morgan fingerprint density at radius 2 is 1.76 bits per heavy atom. The third-order valence-electron chi connectivity index (χ3n) is 3.00. The van der Waals surface area contributed by atoms with Crippen molar-refractivity contribution in [3.8, 4) is 0 Å². The third-order valence-corrected chi connectivity index (χ3v) is 4.28. The van der Waals surface area contributed by atoms with Gasteiger partial charge in [0.1, 0.15) is 0 Å². The molecule has 1 amide bonds. The molecule has 2 aromatic carbocycles. The second-order valence-electron chi connectivity index (χ2n) is 5.07. The van der Waals surface area contributed by atoms with Gasteiger partial charge in [-0.05, 0) is 30.3 Å². The number of hydrogen-bond acceptors (Lipinski definition) is 3. The molecule has 0 aliphatic carbocycles. The van der Waals surface area contributed by atoms with Crippen molar-refractivity contribution in [2.75, 3.05) is 16.3 Å². The van der Waals surface area contributed by atoms with Crippen molar-refractivity contribution in [3.63, 3.8) is 0 Å². The second kappa shape index (κ2) is 7.04. The zero-order valence-electron chi connectivity index (χ0n) is 12.7. The Kier molecular flexibility index (Phi) is 5.43. The molecule has 0 radical (unpaired) electrons. The van der Waals surface area contributed by atoms with Crippen molar-refractivity contribution >= 4 is 43.2 Å². The molecule has 0 saturated carbocycles. The van der Waals surface area contributed by atoms with Crippen molar-refractivity contribution in [1.29, 1.82) is 0 Å². The minimum Gasteiger partial charge on any atom is -0.322 e. The summed E-state index contributed by atoms with van der Waals surface area (Å²) in [4.78, 5) is 12.3. The molecule has 0 atom stereocenters. The van der Waals surface area contributed by atoms with Crippen LogP contribution in [0.15, 0.2) is 46.9 Å². The molecule has 0 saturated heterocycles. The smallest absolute Gasteiger partial charge is 0.322 e. The quantitative estimate of drug-likeness (QED) is 0.757. The number of alkyl halides is 3. The van der Waals surface area contributed by atoms with E-state index in [1.54, 1.807) is 0 Å². The number of para-hydroxylation sites is 1. The summed E-state index contributed by atoms with van der Waals surface area (Å²) in [5, 5.41) is 2.33. The summed E-state index contributed by atoms with van der Waals surface area (Å²) in [6, 6.07) is 9.00. The van der Waals surface area contributed by atoms with Gasteiger partial charge in [0.15, 0.2) is 0 Å². The lowest BCUT2D eigenvalue weighted by Gasteiger charge is -2.13. The van der Waals surface area contributed by atoms with Crippen LogP contribution in [0.3, 0.4) is 0 Å². The predicted molar refractivity (Wildman–Crippen MR) is 92.0 cm³/mol. The number of halogens is 4. The van der Waals surface area contributed by atoms with Gasteiger partial charge in [-0.25, -0.2) is 8.42 Å². The molecule has 134 valence electrons. The van der Waals surface area contributed by atoms with Gasteiger partial charge < -0.3 is 5.32 Å². The van der Waals surface area contributed by atoms with Gasteiger partial charge in [-0.15, -0.1) is 0 Å². The van der Waals surface area contributed by atoms with Crippen LogP contribution >= 0.6 is 15.9 Å². The van der Waals surface area contributed by atoms with Crippen molar-refractivity contribution in [2.24, 2.45) is 0 Å². The summed E-state index contributed by atoms with van der Waals surface area (Å²) in [6.07, 6.45) is -3.67. The maximum atomic E-state index is 12.9. The molecule has 0 aliphatic rings. The fraction of sp³-hybridized carbons (Fsp3) is 0.133. The number of rotatable bonds is 4. The minimum absolute atomic E-state index is 0.0237. The first-order valence-corrected chi connectivity index (χ1v) is 9.41. The molecule has 2 aromatic rings. The zero-order valence-corrected chi connectivity index (χ0v) is 15.1. The first kappa shape index (κ1) is 19.3. The first-order valence-electron chi connectivity index (χ1n) is 6.72. The Bertz CT molecular complexity index is 914. The summed E-state index contributed by atoms with van der Waals surface area (Å²) >= 11 is 2.81. The number of amides is 1. The van der Waals surface area contributed by atoms with Crippen LogP contribution in [0, 0.1) is 0 Å². The maximum absolute atomic E-state index is 12.9. The van der Waals surface area contributed by atoms with E-state index in [2.05, 4.69) is 26.0 Å². The molecular weight excluding hydrogens is 425 g/mol. The second-order valence-corrected chi connectivity index (χ2v) is 7.67. The minimum atomic E-state index is -4.59. The normalized spacial score (nSPS) is 11.9. The fourth-order valence-corrected chi connectivity index (χ4v) is 3.04. The molecule has 0 aromatic heterocycles. The first-order chi connectivity index (χ1) is 11.5. The van der Waals surface area contributed by atoms with Gasteiger partial charge in [0.25, 0.3) is 5.91 Å². The fourth-order valence-electron chi connectivity index (χ4n) is 1.99. The van der Waals surface area contributed by atoms with E-state index in [0.717, 1.165) is 12.3 Å². The van der Waals surface area contributed by atoms with Gasteiger partial charge in [-0.2, -0.15) is 13.2 Å². The van der Waals surface area contributed by atoms with E-state index < -0.39 is 27.7 Å². The van der Waals surface area contributed by atoms with Gasteiger partial charge in [0.05, 0.1) is 23.1 Å². The van der Waals surface area contributed by atoms with Crippen LogP contribution in [0.1, 0.15) is 15.9 Å². The summed E-state index contributed by atoms with van der Waals surface area (Å²) in [5.41, 5.74) is -1.01. The molecule has 0 bridgehead atoms. The lowest BCUT2D eigenvalue weighted by Crippen LogP contribution is -2.18. The molecule has 25 heavy (non-hydrogen) atoms. The van der Waals surface area contributed by atoms with E-state index in [-0.39, 0.29) is 21.4 Å². The van der Waals surface area contributed by atoms with Crippen LogP contribution in [-0.2, 0) is 16.2 Å². The number of anilines is 2. The predicted octanol–water partition coefficient (Wildman–Crippen LogP) is 4.09. The summed E-state index contributed by atoms with van der Waals surface area (Å²) in [6.45, 7) is 0. The standard InChI is InChI=1S/C15H12BrF3N2O3S/c1-25(23,24)21-13-5-3-2-4-10(13)14(22)20-9-6-7-12(16)11(8-9)15(17,18)19/h2-8,21H,1H3,(H,20,22). The number of hydrogen-bond donors (Lipinski definition) is 2. The summed E-state index contributed by atoms with van der Waals surface area (Å²) in [7, 11) is -3.62. The highest BCUT2D eigenvalue weighted by Crippen LogP contribution is 2.36. The highest BCUT2D eigenvalue weighted by Gasteiger charge is 2.33. The average Bonchev–Trinajstić information content (AvgIpc) is 2.47. The van der Waals surface area contributed by atoms with E-state index >= 15 is 0 Å². The summed E-state index contributed by atoms with van der Waals surface area (Å²) in [5.74, 6) is -0.748. The van der Waals surface area contributed by atoms with Gasteiger partial charge >= 0.3 is 6.18 Å². The van der Waals surface area contributed by atoms with Crippen LogP contribution in [0.4, 0.5) is 24.5 Å². The van der Waals surface area contributed by atoms with E-state index in [1.165, 1.54) is 36.4 Å². The highest BCUT2D eigenvalue weighted by atomic mass is 79.9. The number of nitrogens with one attached hydrogen (secondary N) is 2. The monoisotopic (exact) mass is 436 g/mol. The molecule has 0 spiro atoms. The van der Waals surface area contributed by atoms with Crippen LogP contribution in [0.5, 0.6) is 0 Å². The molecule has 0 aliphatic heterocycles. The van der Waals surface area contributed by atoms with Crippen molar-refractivity contribution in [1.82, 2.24) is 0 Å². The number of benzene rings is 2. The summed E-state index contributed by atoms with van der Waals surface area (Å²) < 4.78 is 63.5. The number of carbonyl (C=O) groups excluding carboxylic acids is 1. The van der Waals surface area contributed by atoms with Gasteiger partial charge in [-0.1, -0.05) is 28.1 Å². The lowest BCUT2D eigenvalue weighted by molar-refractivity contribution is -0.138. The Morgan fingerprint density at radius 3 is 2.36 bits per heavy atom. The van der Waals surface area contributed by atoms with E-state index in [9.17, 15) is 26.4 Å². The van der Waals surface area contributed by atoms with Crippen LogP contribution in [0.25, 0.3) is 0 Å². The molecule has 0 unspecified atom stereocenters. The zero-order chi connectivity index (χ0) is 18.8. The van der Waals surface area contributed by atoms with Crippen molar-refractivity contribution in [3.05, 3.63) is 58.1 Å². The molecule has 2 rings (SSSR count). The average molecular weight is 437 g/mol. The van der Waals surface area contributed by atoms with Gasteiger partial charge in [0.2, 0.25) is 10.0 Å². The molecule has 0 fully saturated rings. The van der Waals surface area contributed by atoms with Crippen molar-refractivity contribution in [2.45, 2.75) is 6.18 Å². The topological polar surface area (TPSA) is 75.3 Å². The van der Waals surface area contributed by atoms with E-state index in [1.807, 2.05) is 0 Å². The van der Waals surface area contributed by atoms with Crippen molar-refractivity contribution < 1.29 is 26.4 Å². The lowest BCUT2D eigenvalue weighted by atomic mass is 10.1. The van der Waals surface area contributed by atoms with E-state index in [0.29, 0.717) is 0 Å². The molecular formula is C15H12BrF3N2O3S. The maximum Gasteiger partial charge on any atom is 0.417 e. The number of carbonyl (C=O) groups is 1. The van der Waals surface area contributed by atoms with E-state index in [4.69, 9.17) is 0 Å². The Hall–Kier alpha value is -2.07. The largest absolute Gasteiger partial charge is 0.417 e. The Balaban J connectivity index is 2.33.